The molecule has 0 aliphatic heterocycles. The highest BCUT2D eigenvalue weighted by molar-refractivity contribution is 7.80. The SMILES string of the molecule is CCCCOc1ccc(C(=O)NC(=S)Nc2cc(Cl)c(O)c(Cl)c2)cc1. The third kappa shape index (κ3) is 5.76. The monoisotopic (exact) mass is 412 g/mol. The van der Waals surface area contributed by atoms with E-state index >= 15 is 0 Å². The van der Waals surface area contributed by atoms with E-state index in [2.05, 4.69) is 17.6 Å². The van der Waals surface area contributed by atoms with Gasteiger partial charge in [0.25, 0.3) is 5.91 Å². The molecule has 1 amide bonds. The van der Waals surface area contributed by atoms with Crippen molar-refractivity contribution in [3.8, 4) is 11.5 Å². The van der Waals surface area contributed by atoms with Crippen molar-refractivity contribution < 1.29 is 14.6 Å². The quantitative estimate of drug-likeness (QED) is 0.353. The number of unbranched alkanes of at least 4 members (excludes halogenated alkanes) is 1. The van der Waals surface area contributed by atoms with Gasteiger partial charge in [-0.25, -0.2) is 0 Å². The summed E-state index contributed by atoms with van der Waals surface area (Å²) in [4.78, 5) is 12.2. The first-order valence-corrected chi connectivity index (χ1v) is 9.10. The summed E-state index contributed by atoms with van der Waals surface area (Å²) in [6.45, 7) is 2.74. The fraction of sp³-hybridized carbons (Fsp3) is 0.222. The number of ether oxygens (including phenoxy) is 1. The minimum Gasteiger partial charge on any atom is -0.505 e. The van der Waals surface area contributed by atoms with Crippen LogP contribution < -0.4 is 15.4 Å². The van der Waals surface area contributed by atoms with Gasteiger partial charge in [-0.3, -0.25) is 10.1 Å². The maximum atomic E-state index is 12.2. The minimum absolute atomic E-state index is 0.0767. The third-order valence-electron chi connectivity index (χ3n) is 3.38. The van der Waals surface area contributed by atoms with E-state index in [1.165, 1.54) is 12.1 Å². The van der Waals surface area contributed by atoms with Gasteiger partial charge in [0, 0.05) is 11.3 Å². The van der Waals surface area contributed by atoms with Crippen LogP contribution in [0.5, 0.6) is 11.5 Å². The smallest absolute Gasteiger partial charge is 0.257 e. The molecule has 0 aliphatic carbocycles. The molecule has 0 unspecified atom stereocenters. The van der Waals surface area contributed by atoms with Crippen LogP contribution in [0.3, 0.4) is 0 Å². The van der Waals surface area contributed by atoms with Crippen molar-refractivity contribution >= 4 is 52.1 Å². The molecular formula is C18H18Cl2N2O3S. The lowest BCUT2D eigenvalue weighted by Gasteiger charge is -2.11. The number of benzene rings is 2. The maximum Gasteiger partial charge on any atom is 0.257 e. The number of phenols is 1. The zero-order chi connectivity index (χ0) is 19.1. The molecule has 0 saturated heterocycles. The molecule has 0 fully saturated rings. The third-order valence-corrected chi connectivity index (χ3v) is 4.17. The summed E-state index contributed by atoms with van der Waals surface area (Å²) in [6.07, 6.45) is 2.04. The van der Waals surface area contributed by atoms with E-state index < -0.39 is 0 Å². The molecular weight excluding hydrogens is 395 g/mol. The van der Waals surface area contributed by atoms with Gasteiger partial charge in [0.2, 0.25) is 0 Å². The average molecular weight is 413 g/mol. The largest absolute Gasteiger partial charge is 0.505 e. The number of rotatable bonds is 6. The normalized spacial score (nSPS) is 10.3. The Kier molecular flexibility index (Phi) is 7.50. The Hall–Kier alpha value is -2.02. The minimum atomic E-state index is -0.362. The molecule has 0 radical (unpaired) electrons. The van der Waals surface area contributed by atoms with Crippen LogP contribution in [0, 0.1) is 0 Å². The summed E-state index contributed by atoms with van der Waals surface area (Å²) in [7, 11) is 0. The van der Waals surface area contributed by atoms with E-state index in [1.807, 2.05) is 0 Å². The number of thiocarbonyl (C=S) groups is 1. The molecule has 3 N–H and O–H groups in total. The number of hydrogen-bond donors (Lipinski definition) is 3. The molecule has 0 spiro atoms. The van der Waals surface area contributed by atoms with Crippen molar-refractivity contribution in [2.45, 2.75) is 19.8 Å². The highest BCUT2D eigenvalue weighted by atomic mass is 35.5. The predicted octanol–water partition coefficient (Wildman–Crippen LogP) is 5.00. The summed E-state index contributed by atoms with van der Waals surface area (Å²) >= 11 is 16.8. The number of anilines is 1. The van der Waals surface area contributed by atoms with Gasteiger partial charge < -0.3 is 15.2 Å². The first-order chi connectivity index (χ1) is 12.4. The molecule has 5 nitrogen and oxygen atoms in total. The Morgan fingerprint density at radius 1 is 1.19 bits per heavy atom. The van der Waals surface area contributed by atoms with Crippen LogP contribution >= 0.6 is 35.4 Å². The number of carbonyl (C=O) groups is 1. The first kappa shape index (κ1) is 20.3. The average Bonchev–Trinajstić information content (AvgIpc) is 2.60. The molecule has 26 heavy (non-hydrogen) atoms. The molecule has 0 bridgehead atoms. The number of amides is 1. The van der Waals surface area contributed by atoms with Crippen LogP contribution in [-0.2, 0) is 0 Å². The summed E-state index contributed by atoms with van der Waals surface area (Å²) in [5.74, 6) is 0.137. The van der Waals surface area contributed by atoms with Crippen LogP contribution in [0.15, 0.2) is 36.4 Å². The molecule has 2 rings (SSSR count). The Morgan fingerprint density at radius 2 is 1.81 bits per heavy atom. The second-order valence-electron chi connectivity index (χ2n) is 5.42. The maximum absolute atomic E-state index is 12.2. The van der Waals surface area contributed by atoms with Crippen molar-refractivity contribution in [3.05, 3.63) is 52.0 Å². The molecule has 0 aliphatic rings. The van der Waals surface area contributed by atoms with Gasteiger partial charge in [-0.15, -0.1) is 0 Å². The lowest BCUT2D eigenvalue weighted by atomic mass is 10.2. The van der Waals surface area contributed by atoms with Crippen molar-refractivity contribution in [3.63, 3.8) is 0 Å². The van der Waals surface area contributed by atoms with Crippen molar-refractivity contribution in [1.82, 2.24) is 5.32 Å². The van der Waals surface area contributed by atoms with Gasteiger partial charge in [0.1, 0.15) is 5.75 Å². The Bertz CT molecular complexity index is 775. The number of carbonyl (C=O) groups excluding carboxylic acids is 1. The van der Waals surface area contributed by atoms with Crippen molar-refractivity contribution in [1.29, 1.82) is 0 Å². The van der Waals surface area contributed by atoms with Crippen LogP contribution in [0.4, 0.5) is 5.69 Å². The van der Waals surface area contributed by atoms with Crippen LogP contribution in [-0.4, -0.2) is 22.7 Å². The van der Waals surface area contributed by atoms with Crippen LogP contribution in [0.25, 0.3) is 0 Å². The molecule has 0 saturated carbocycles. The second kappa shape index (κ2) is 9.62. The highest BCUT2D eigenvalue weighted by Gasteiger charge is 2.11. The summed E-state index contributed by atoms with van der Waals surface area (Å²) in [5, 5.41) is 15.1. The lowest BCUT2D eigenvalue weighted by Crippen LogP contribution is -2.34. The van der Waals surface area contributed by atoms with Crippen LogP contribution in [0.2, 0.25) is 10.0 Å². The number of phenolic OH excluding ortho intramolecular Hbond substituents is 1. The fourth-order valence-corrected chi connectivity index (χ4v) is 2.71. The number of nitrogens with one attached hydrogen (secondary N) is 2. The molecule has 8 heteroatoms. The first-order valence-electron chi connectivity index (χ1n) is 7.94. The zero-order valence-corrected chi connectivity index (χ0v) is 16.3. The van der Waals surface area contributed by atoms with Gasteiger partial charge in [-0.2, -0.15) is 0 Å². The van der Waals surface area contributed by atoms with E-state index in [9.17, 15) is 9.90 Å². The molecule has 0 aromatic heterocycles. The molecule has 2 aromatic rings. The zero-order valence-electron chi connectivity index (χ0n) is 14.0. The van der Waals surface area contributed by atoms with Gasteiger partial charge in [-0.05, 0) is 55.0 Å². The van der Waals surface area contributed by atoms with Crippen molar-refractivity contribution in [2.75, 3.05) is 11.9 Å². The highest BCUT2D eigenvalue weighted by Crippen LogP contribution is 2.34. The molecule has 138 valence electrons. The predicted molar refractivity (Wildman–Crippen MR) is 109 cm³/mol. The lowest BCUT2D eigenvalue weighted by molar-refractivity contribution is 0.0977. The van der Waals surface area contributed by atoms with E-state index in [0.29, 0.717) is 23.6 Å². The summed E-state index contributed by atoms with van der Waals surface area (Å²) < 4.78 is 5.56. The Balaban J connectivity index is 1.93. The number of halogens is 2. The van der Waals surface area contributed by atoms with Gasteiger partial charge in [-0.1, -0.05) is 36.5 Å². The topological polar surface area (TPSA) is 70.6 Å². The molecule has 0 heterocycles. The van der Waals surface area contributed by atoms with Crippen LogP contribution in [0.1, 0.15) is 30.1 Å². The second-order valence-corrected chi connectivity index (χ2v) is 6.65. The summed E-state index contributed by atoms with van der Waals surface area (Å²) in [6, 6.07) is 9.69. The van der Waals surface area contributed by atoms with Crippen molar-refractivity contribution in [2.24, 2.45) is 0 Å². The standard InChI is InChI=1S/C18H18Cl2N2O3S/c1-2-3-8-25-13-6-4-11(5-7-13)17(24)22-18(26)21-12-9-14(19)16(23)15(20)10-12/h4-7,9-10,23H,2-3,8H2,1H3,(H2,21,22,24,26). The fourth-order valence-electron chi connectivity index (χ4n) is 2.01. The van der Waals surface area contributed by atoms with Gasteiger partial charge in [0.05, 0.1) is 16.7 Å². The number of aromatic hydroxyl groups is 1. The summed E-state index contributed by atoms with van der Waals surface area (Å²) in [5.41, 5.74) is 0.890. The van der Waals surface area contributed by atoms with E-state index in [-0.39, 0.29) is 26.8 Å². The number of hydrogen-bond acceptors (Lipinski definition) is 4. The molecule has 0 atom stereocenters. The van der Waals surface area contributed by atoms with Gasteiger partial charge in [0.15, 0.2) is 10.9 Å². The van der Waals surface area contributed by atoms with Gasteiger partial charge >= 0.3 is 0 Å². The Morgan fingerprint density at radius 3 is 2.38 bits per heavy atom. The van der Waals surface area contributed by atoms with E-state index in [4.69, 9.17) is 40.2 Å². The Labute approximate surface area is 167 Å². The van der Waals surface area contributed by atoms with E-state index in [1.54, 1.807) is 24.3 Å². The van der Waals surface area contributed by atoms with E-state index in [0.717, 1.165) is 12.8 Å². The molecule has 2 aromatic carbocycles.